The molecule has 2 heterocycles. The Morgan fingerprint density at radius 3 is 2.80 bits per heavy atom. The molecule has 0 aromatic carbocycles. The van der Waals surface area contributed by atoms with Gasteiger partial charge in [0, 0.05) is 17.6 Å². The lowest BCUT2D eigenvalue weighted by Gasteiger charge is -2.05. The van der Waals surface area contributed by atoms with E-state index in [1.807, 2.05) is 12.1 Å². The number of nitrogens with zero attached hydrogens (tertiary/aromatic N) is 1. The van der Waals surface area contributed by atoms with E-state index < -0.39 is 0 Å². The van der Waals surface area contributed by atoms with E-state index in [0.717, 1.165) is 10.0 Å². The topological polar surface area (TPSA) is 24.9 Å². The van der Waals surface area contributed by atoms with Crippen molar-refractivity contribution in [1.29, 1.82) is 0 Å². The number of hydrogen-bond donors (Lipinski definition) is 1. The zero-order valence-corrected chi connectivity index (χ0v) is 10.0. The molecule has 78 valence electrons. The Morgan fingerprint density at radius 2 is 2.13 bits per heavy atom. The summed E-state index contributed by atoms with van der Waals surface area (Å²) in [5, 5.41) is 3.87. The molecule has 0 amide bonds. The number of rotatable bonds is 3. The van der Waals surface area contributed by atoms with Crippen molar-refractivity contribution < 1.29 is 0 Å². The summed E-state index contributed by atoms with van der Waals surface area (Å²) in [4.78, 5) is 5.16. The van der Waals surface area contributed by atoms with Gasteiger partial charge in [-0.2, -0.15) is 0 Å². The molecule has 0 saturated heterocycles. The highest BCUT2D eigenvalue weighted by molar-refractivity contribution is 7.16. The highest BCUT2D eigenvalue weighted by Gasteiger charge is 2.00. The van der Waals surface area contributed by atoms with Crippen LogP contribution in [0.5, 0.6) is 0 Å². The third-order valence-electron chi connectivity index (χ3n) is 1.85. The molecule has 0 unspecified atom stereocenters. The minimum atomic E-state index is 0.674. The SMILES string of the molecule is Clc1ccc(CNc2cnccc2Cl)s1. The Bertz CT molecular complexity index is 456. The number of aromatic nitrogens is 1. The van der Waals surface area contributed by atoms with Crippen LogP contribution in [0.1, 0.15) is 4.88 Å². The first-order valence-corrected chi connectivity index (χ1v) is 5.90. The van der Waals surface area contributed by atoms with Gasteiger partial charge in [-0.15, -0.1) is 11.3 Å². The maximum Gasteiger partial charge on any atom is 0.0931 e. The third kappa shape index (κ3) is 2.84. The predicted molar refractivity (Wildman–Crippen MR) is 65.9 cm³/mol. The molecule has 0 aliphatic carbocycles. The molecule has 2 aromatic heterocycles. The molecule has 0 atom stereocenters. The van der Waals surface area contributed by atoms with Crippen molar-refractivity contribution in [1.82, 2.24) is 4.98 Å². The minimum absolute atomic E-state index is 0.674. The first-order chi connectivity index (χ1) is 7.25. The van der Waals surface area contributed by atoms with Crippen LogP contribution in [-0.2, 0) is 6.54 Å². The van der Waals surface area contributed by atoms with Crippen LogP contribution >= 0.6 is 34.5 Å². The van der Waals surface area contributed by atoms with E-state index in [1.165, 1.54) is 4.88 Å². The Hall–Kier alpha value is -0.770. The molecule has 0 bridgehead atoms. The molecule has 2 aromatic rings. The average molecular weight is 259 g/mol. The van der Waals surface area contributed by atoms with Crippen LogP contribution in [0.4, 0.5) is 5.69 Å². The number of nitrogens with one attached hydrogen (secondary N) is 1. The van der Waals surface area contributed by atoms with Gasteiger partial charge in [0.25, 0.3) is 0 Å². The van der Waals surface area contributed by atoms with Gasteiger partial charge in [0.05, 0.1) is 21.2 Å². The van der Waals surface area contributed by atoms with Crippen LogP contribution in [-0.4, -0.2) is 4.98 Å². The zero-order chi connectivity index (χ0) is 10.7. The van der Waals surface area contributed by atoms with Crippen LogP contribution in [0.3, 0.4) is 0 Å². The van der Waals surface area contributed by atoms with E-state index in [2.05, 4.69) is 10.3 Å². The summed E-state index contributed by atoms with van der Waals surface area (Å²) in [6.07, 6.45) is 3.37. The molecule has 0 aliphatic heterocycles. The molecule has 5 heteroatoms. The highest BCUT2D eigenvalue weighted by atomic mass is 35.5. The van der Waals surface area contributed by atoms with Gasteiger partial charge in [0.1, 0.15) is 0 Å². The fourth-order valence-electron chi connectivity index (χ4n) is 1.14. The Balaban J connectivity index is 2.02. The first kappa shape index (κ1) is 10.7. The van der Waals surface area contributed by atoms with E-state index in [4.69, 9.17) is 23.2 Å². The van der Waals surface area contributed by atoms with Crippen molar-refractivity contribution in [2.45, 2.75) is 6.54 Å². The van der Waals surface area contributed by atoms with Gasteiger partial charge in [-0.05, 0) is 18.2 Å². The molecule has 0 saturated carbocycles. The summed E-state index contributed by atoms with van der Waals surface area (Å²) < 4.78 is 0.795. The van der Waals surface area contributed by atoms with Crippen molar-refractivity contribution in [3.8, 4) is 0 Å². The van der Waals surface area contributed by atoms with Gasteiger partial charge >= 0.3 is 0 Å². The van der Waals surface area contributed by atoms with Crippen molar-refractivity contribution in [2.24, 2.45) is 0 Å². The van der Waals surface area contributed by atoms with Crippen molar-refractivity contribution in [3.63, 3.8) is 0 Å². The lowest BCUT2D eigenvalue weighted by Crippen LogP contribution is -1.98. The molecule has 0 aliphatic rings. The molecule has 0 fully saturated rings. The fourth-order valence-corrected chi connectivity index (χ4v) is 2.34. The fraction of sp³-hybridized carbons (Fsp3) is 0.100. The van der Waals surface area contributed by atoms with Crippen LogP contribution < -0.4 is 5.32 Å². The molecule has 0 radical (unpaired) electrons. The monoisotopic (exact) mass is 258 g/mol. The number of anilines is 1. The van der Waals surface area contributed by atoms with Gasteiger partial charge in [0.2, 0.25) is 0 Å². The summed E-state index contributed by atoms with van der Waals surface area (Å²) in [5.74, 6) is 0. The molecule has 15 heavy (non-hydrogen) atoms. The molecule has 2 rings (SSSR count). The predicted octanol–water partition coefficient (Wildman–Crippen LogP) is 4.06. The maximum absolute atomic E-state index is 5.97. The third-order valence-corrected chi connectivity index (χ3v) is 3.41. The Labute approximate surface area is 102 Å². The van der Waals surface area contributed by atoms with Crippen LogP contribution in [0.15, 0.2) is 30.6 Å². The van der Waals surface area contributed by atoms with E-state index in [-0.39, 0.29) is 0 Å². The average Bonchev–Trinajstić information content (AvgIpc) is 2.63. The zero-order valence-electron chi connectivity index (χ0n) is 7.71. The largest absolute Gasteiger partial charge is 0.378 e. The van der Waals surface area contributed by atoms with Gasteiger partial charge < -0.3 is 5.32 Å². The Kier molecular flexibility index (Phi) is 3.46. The Morgan fingerprint density at radius 1 is 1.27 bits per heavy atom. The van der Waals surface area contributed by atoms with Crippen molar-refractivity contribution >= 4 is 40.2 Å². The quantitative estimate of drug-likeness (QED) is 0.898. The van der Waals surface area contributed by atoms with Crippen molar-refractivity contribution in [3.05, 3.63) is 44.8 Å². The van der Waals surface area contributed by atoms with Crippen LogP contribution in [0.25, 0.3) is 0 Å². The van der Waals surface area contributed by atoms with Crippen LogP contribution in [0.2, 0.25) is 9.36 Å². The second kappa shape index (κ2) is 4.84. The molecule has 1 N–H and O–H groups in total. The summed E-state index contributed by atoms with van der Waals surface area (Å²) in [7, 11) is 0. The second-order valence-electron chi connectivity index (χ2n) is 2.91. The number of hydrogen-bond acceptors (Lipinski definition) is 3. The second-order valence-corrected chi connectivity index (χ2v) is 5.12. The standard InChI is InChI=1S/C10H8Cl2N2S/c11-8-3-4-13-6-9(8)14-5-7-1-2-10(12)15-7/h1-4,6,14H,5H2. The first-order valence-electron chi connectivity index (χ1n) is 4.33. The lowest BCUT2D eigenvalue weighted by atomic mass is 10.4. The smallest absolute Gasteiger partial charge is 0.0931 e. The van der Waals surface area contributed by atoms with E-state index in [9.17, 15) is 0 Å². The summed E-state index contributed by atoms with van der Waals surface area (Å²) >= 11 is 13.3. The maximum atomic E-state index is 5.97. The van der Waals surface area contributed by atoms with Gasteiger partial charge in [0.15, 0.2) is 0 Å². The minimum Gasteiger partial charge on any atom is -0.378 e. The summed E-state index contributed by atoms with van der Waals surface area (Å²) in [5.41, 5.74) is 0.837. The molecular weight excluding hydrogens is 251 g/mol. The van der Waals surface area contributed by atoms with Crippen LogP contribution in [0, 0.1) is 0 Å². The van der Waals surface area contributed by atoms with E-state index >= 15 is 0 Å². The summed E-state index contributed by atoms with van der Waals surface area (Å²) in [6, 6.07) is 5.63. The normalized spacial score (nSPS) is 10.3. The lowest BCUT2D eigenvalue weighted by molar-refractivity contribution is 1.17. The number of pyridine rings is 1. The number of thiophene rings is 1. The number of halogens is 2. The highest BCUT2D eigenvalue weighted by Crippen LogP contribution is 2.24. The van der Waals surface area contributed by atoms with Gasteiger partial charge in [-0.1, -0.05) is 23.2 Å². The molecular formula is C10H8Cl2N2S. The van der Waals surface area contributed by atoms with E-state index in [1.54, 1.807) is 29.8 Å². The van der Waals surface area contributed by atoms with Gasteiger partial charge in [-0.25, -0.2) is 0 Å². The molecule has 0 spiro atoms. The molecule has 2 nitrogen and oxygen atoms in total. The summed E-state index contributed by atoms with van der Waals surface area (Å²) in [6.45, 7) is 0.711. The van der Waals surface area contributed by atoms with E-state index in [0.29, 0.717) is 11.6 Å². The van der Waals surface area contributed by atoms with Crippen molar-refractivity contribution in [2.75, 3.05) is 5.32 Å². The van der Waals surface area contributed by atoms with Gasteiger partial charge in [-0.3, -0.25) is 4.98 Å².